The van der Waals surface area contributed by atoms with Crippen molar-refractivity contribution in [2.75, 3.05) is 23.4 Å². The summed E-state index contributed by atoms with van der Waals surface area (Å²) in [5, 5.41) is 3.39. The Bertz CT molecular complexity index is 1030. The Hall–Kier alpha value is -2.51. The number of fused-ring (bicyclic) bond motifs is 2. The van der Waals surface area contributed by atoms with E-state index in [0.29, 0.717) is 38.2 Å². The number of anilines is 3. The van der Waals surface area contributed by atoms with Crippen LogP contribution >= 0.6 is 0 Å². The molecule has 5 rings (SSSR count). The van der Waals surface area contributed by atoms with E-state index in [4.69, 9.17) is 9.47 Å². The number of nitrogens with zero attached hydrogens (tertiary/aromatic N) is 2. The van der Waals surface area contributed by atoms with Crippen molar-refractivity contribution in [1.29, 1.82) is 0 Å². The molecule has 1 aromatic carbocycles. The maximum atomic E-state index is 15.8. The Kier molecular flexibility index (Phi) is 6.58. The van der Waals surface area contributed by atoms with E-state index in [1.807, 2.05) is 35.2 Å². The molecule has 2 fully saturated rings. The summed E-state index contributed by atoms with van der Waals surface area (Å²) < 4.78 is 27.2. The van der Waals surface area contributed by atoms with Gasteiger partial charge in [-0.1, -0.05) is 12.1 Å². The first kappa shape index (κ1) is 23.2. The van der Waals surface area contributed by atoms with Crippen molar-refractivity contribution in [2.24, 2.45) is 5.92 Å². The molecule has 2 aliphatic heterocycles. The molecule has 6 nitrogen and oxygen atoms in total. The normalized spacial score (nSPS) is 24.1. The number of hydrogen-bond acceptors (Lipinski definition) is 5. The van der Waals surface area contributed by atoms with Gasteiger partial charge in [-0.15, -0.1) is 0 Å². The van der Waals surface area contributed by atoms with Crippen LogP contribution in [0.15, 0.2) is 36.5 Å². The summed E-state index contributed by atoms with van der Waals surface area (Å²) in [7, 11) is 0. The third kappa shape index (κ3) is 4.68. The first-order valence-electron chi connectivity index (χ1n) is 12.5. The van der Waals surface area contributed by atoms with Crippen LogP contribution in [0.5, 0.6) is 0 Å². The largest absolute Gasteiger partial charge is 0.381 e. The summed E-state index contributed by atoms with van der Waals surface area (Å²) in [5.41, 5.74) is 1.63. The zero-order chi connectivity index (χ0) is 23.7. The minimum absolute atomic E-state index is 0.0656. The smallest absolute Gasteiger partial charge is 0.230 e. The van der Waals surface area contributed by atoms with E-state index in [-0.39, 0.29) is 24.0 Å². The number of alkyl halides is 1. The molecule has 2 aromatic rings. The molecular formula is C27H34FN3O3. The highest BCUT2D eigenvalue weighted by Crippen LogP contribution is 2.43. The van der Waals surface area contributed by atoms with E-state index in [9.17, 15) is 4.79 Å². The molecule has 1 N–H and O–H groups in total. The molecule has 1 aliphatic carbocycles. The fourth-order valence-electron chi connectivity index (χ4n) is 5.43. The van der Waals surface area contributed by atoms with Crippen LogP contribution in [0.1, 0.15) is 63.5 Å². The maximum absolute atomic E-state index is 15.8. The molecule has 1 amide bonds. The predicted molar refractivity (Wildman–Crippen MR) is 130 cm³/mol. The van der Waals surface area contributed by atoms with Crippen molar-refractivity contribution in [3.8, 4) is 0 Å². The van der Waals surface area contributed by atoms with Crippen molar-refractivity contribution in [1.82, 2.24) is 4.98 Å². The molecule has 0 unspecified atom stereocenters. The fourth-order valence-corrected chi connectivity index (χ4v) is 5.43. The third-order valence-corrected chi connectivity index (χ3v) is 7.32. The topological polar surface area (TPSA) is 63.7 Å². The number of benzene rings is 1. The van der Waals surface area contributed by atoms with E-state index in [1.54, 1.807) is 6.20 Å². The van der Waals surface area contributed by atoms with Gasteiger partial charge in [0.2, 0.25) is 5.91 Å². The van der Waals surface area contributed by atoms with Gasteiger partial charge in [0.05, 0.1) is 30.1 Å². The van der Waals surface area contributed by atoms with Gasteiger partial charge in [-0.05, 0) is 63.3 Å². The molecule has 0 bridgehead atoms. The van der Waals surface area contributed by atoms with E-state index in [1.165, 1.54) is 0 Å². The highest BCUT2D eigenvalue weighted by atomic mass is 19.1. The third-order valence-electron chi connectivity index (χ3n) is 7.32. The number of carbonyl (C=O) groups excluding carboxylic acids is 1. The van der Waals surface area contributed by atoms with Crippen LogP contribution in [0.2, 0.25) is 0 Å². The molecule has 7 heteroatoms. The average Bonchev–Trinajstić information content (AvgIpc) is 3.00. The molecule has 34 heavy (non-hydrogen) atoms. The summed E-state index contributed by atoms with van der Waals surface area (Å²) in [6.45, 7) is 5.34. The second-order valence-electron chi connectivity index (χ2n) is 10.0. The zero-order valence-corrected chi connectivity index (χ0v) is 20.1. The van der Waals surface area contributed by atoms with Gasteiger partial charge in [-0.2, -0.15) is 0 Å². The van der Waals surface area contributed by atoms with E-state index in [2.05, 4.69) is 24.1 Å². The number of pyridine rings is 1. The number of nitrogens with one attached hydrogen (secondary N) is 1. The number of rotatable bonds is 4. The molecular weight excluding hydrogens is 433 g/mol. The zero-order valence-electron chi connectivity index (χ0n) is 20.1. The average molecular weight is 468 g/mol. The molecule has 0 atom stereocenters. The summed E-state index contributed by atoms with van der Waals surface area (Å²) in [4.78, 5) is 20.2. The van der Waals surface area contributed by atoms with Gasteiger partial charge in [-0.3, -0.25) is 4.79 Å². The molecule has 1 saturated carbocycles. The number of halogens is 1. The Labute approximate surface area is 200 Å². The van der Waals surface area contributed by atoms with Crippen molar-refractivity contribution >= 4 is 23.1 Å². The Morgan fingerprint density at radius 2 is 1.97 bits per heavy atom. The maximum Gasteiger partial charge on any atom is 0.230 e. The van der Waals surface area contributed by atoms with Gasteiger partial charge in [0, 0.05) is 43.7 Å². The highest BCUT2D eigenvalue weighted by molar-refractivity contribution is 5.99. The van der Waals surface area contributed by atoms with Crippen LogP contribution in [0.3, 0.4) is 0 Å². The predicted octanol–water partition coefficient (Wildman–Crippen LogP) is 5.63. The Morgan fingerprint density at radius 1 is 1.21 bits per heavy atom. The molecule has 1 aromatic heterocycles. The minimum Gasteiger partial charge on any atom is -0.381 e. The van der Waals surface area contributed by atoms with Gasteiger partial charge in [0.1, 0.15) is 11.5 Å². The van der Waals surface area contributed by atoms with Crippen molar-refractivity contribution in [2.45, 2.75) is 76.8 Å². The van der Waals surface area contributed by atoms with Crippen LogP contribution in [0, 0.1) is 5.92 Å². The Balaban J connectivity index is 1.46. The minimum atomic E-state index is -1.44. The lowest BCUT2D eigenvalue weighted by Gasteiger charge is -2.34. The van der Waals surface area contributed by atoms with Gasteiger partial charge in [0.25, 0.3) is 0 Å². The number of carbonyl (C=O) groups is 1. The lowest BCUT2D eigenvalue weighted by molar-refractivity contribution is -0.124. The van der Waals surface area contributed by atoms with Gasteiger partial charge >= 0.3 is 0 Å². The number of ether oxygens (including phenoxy) is 2. The number of aromatic nitrogens is 1. The summed E-state index contributed by atoms with van der Waals surface area (Å²) >= 11 is 0. The monoisotopic (exact) mass is 467 g/mol. The summed E-state index contributed by atoms with van der Waals surface area (Å²) in [6, 6.07) is 9.47. The lowest BCUT2D eigenvalue weighted by atomic mass is 9.85. The molecule has 1 saturated heterocycles. The second-order valence-corrected chi connectivity index (χ2v) is 10.0. The van der Waals surface area contributed by atoms with Crippen molar-refractivity contribution in [3.63, 3.8) is 0 Å². The van der Waals surface area contributed by atoms with Crippen LogP contribution in [-0.4, -0.2) is 36.3 Å². The van der Waals surface area contributed by atoms with E-state index in [0.717, 1.165) is 48.4 Å². The van der Waals surface area contributed by atoms with Crippen molar-refractivity contribution < 1.29 is 18.7 Å². The number of amides is 1. The molecule has 3 heterocycles. The van der Waals surface area contributed by atoms with Gasteiger partial charge in [-0.25, -0.2) is 9.37 Å². The Morgan fingerprint density at radius 3 is 2.71 bits per heavy atom. The van der Waals surface area contributed by atoms with Crippen LogP contribution in [0.4, 0.5) is 21.6 Å². The first-order chi connectivity index (χ1) is 16.4. The fraction of sp³-hybridized carbons (Fsp3) is 0.556. The van der Waals surface area contributed by atoms with Crippen LogP contribution in [-0.2, 0) is 26.5 Å². The molecule has 182 valence electrons. The van der Waals surface area contributed by atoms with Crippen LogP contribution in [0.25, 0.3) is 0 Å². The quantitative estimate of drug-likeness (QED) is 0.631. The lowest BCUT2D eigenvalue weighted by Crippen LogP contribution is -2.38. The van der Waals surface area contributed by atoms with Gasteiger partial charge in [0.15, 0.2) is 0 Å². The van der Waals surface area contributed by atoms with Gasteiger partial charge < -0.3 is 19.7 Å². The standard InChI is InChI=1S/C27H34FN3O3/c1-18(2)34-22-8-5-19(6-9-22)26(32)31-17-20-4-3-13-29-25(20)30-23-10-7-21(16-24(23)31)27(28)11-14-33-15-12-27/h3-4,7,10,13,16,18-19,22H,5-6,8-9,11-12,14-15,17H2,1-2H3,(H,29,30). The molecule has 0 spiro atoms. The summed E-state index contributed by atoms with van der Waals surface area (Å²) in [5.74, 6) is 0.769. The first-order valence-corrected chi connectivity index (χ1v) is 12.5. The highest BCUT2D eigenvalue weighted by Gasteiger charge is 2.37. The number of hydrogen-bond donors (Lipinski definition) is 1. The van der Waals surface area contributed by atoms with Crippen molar-refractivity contribution in [3.05, 3.63) is 47.7 Å². The van der Waals surface area contributed by atoms with E-state index >= 15 is 4.39 Å². The molecule has 0 radical (unpaired) electrons. The second kappa shape index (κ2) is 9.62. The SMILES string of the molecule is CC(C)OC1CCC(C(=O)N2Cc3cccnc3Nc3ccc(C4(F)CCOCC4)cc32)CC1. The summed E-state index contributed by atoms with van der Waals surface area (Å²) in [6.07, 6.45) is 6.20. The van der Waals surface area contributed by atoms with Crippen LogP contribution < -0.4 is 10.2 Å². The molecule has 3 aliphatic rings. The van der Waals surface area contributed by atoms with E-state index < -0.39 is 5.67 Å².